The number of aromatic nitrogens is 1. The largest absolute Gasteiger partial charge is 0.381 e. The van der Waals surface area contributed by atoms with Gasteiger partial charge in [0, 0.05) is 68.8 Å². The van der Waals surface area contributed by atoms with Gasteiger partial charge in [-0.1, -0.05) is 25.0 Å². The number of nitrogens with one attached hydrogen (secondary N) is 1. The Kier molecular flexibility index (Phi) is 10.0. The van der Waals surface area contributed by atoms with Crippen molar-refractivity contribution in [3.63, 3.8) is 0 Å². The third-order valence-corrected chi connectivity index (χ3v) is 9.52. The molecule has 1 amide bonds. The van der Waals surface area contributed by atoms with Crippen LogP contribution in [0.25, 0.3) is 0 Å². The van der Waals surface area contributed by atoms with Gasteiger partial charge in [0.1, 0.15) is 16.8 Å². The Morgan fingerprint density at radius 1 is 1.16 bits per heavy atom. The summed E-state index contributed by atoms with van der Waals surface area (Å²) in [4.78, 5) is 24.0. The van der Waals surface area contributed by atoms with E-state index in [2.05, 4.69) is 47.1 Å². The number of nitrogens with two attached hydrogens (primary N) is 1. The van der Waals surface area contributed by atoms with Crippen molar-refractivity contribution in [2.45, 2.75) is 52.0 Å². The van der Waals surface area contributed by atoms with Crippen molar-refractivity contribution in [1.29, 1.82) is 5.26 Å². The number of primary sulfonamides is 1. The van der Waals surface area contributed by atoms with Gasteiger partial charge in [-0.05, 0) is 68.9 Å². The van der Waals surface area contributed by atoms with Crippen LogP contribution in [-0.2, 0) is 10.0 Å². The normalized spacial score (nSPS) is 19.8. The monoisotopic (exact) mass is 615 g/mol. The standard InChI is InChI=1S/C33H41N7O3S/c1-7-10-28(26(8-2)20-34)40-14-12-27(24(5)21-40)37-31-23(4)19-22(3)30(25(31)6)33(41)39-17-15-38(16-18-39)32-29(44(35,42)43)11-9-13-36-32/h1,8-11,13,19,24,27,37H,12,14-18,21H2,2-6H3,(H2,35,42,43)/b26-8-,28-10+/t24-,27+/m1/s1. The van der Waals surface area contributed by atoms with Gasteiger partial charge < -0.3 is 20.0 Å². The number of rotatable bonds is 7. The zero-order valence-corrected chi connectivity index (χ0v) is 26.9. The Morgan fingerprint density at radius 3 is 2.45 bits per heavy atom. The number of sulfonamides is 1. The maximum atomic E-state index is 13.9. The van der Waals surface area contributed by atoms with Crippen LogP contribution < -0.4 is 15.4 Å². The van der Waals surface area contributed by atoms with Crippen LogP contribution in [0.2, 0.25) is 0 Å². The summed E-state index contributed by atoms with van der Waals surface area (Å²) in [6, 6.07) is 7.48. The molecule has 4 rings (SSSR count). The van der Waals surface area contributed by atoms with E-state index in [0.717, 1.165) is 47.6 Å². The summed E-state index contributed by atoms with van der Waals surface area (Å²) in [5.41, 5.74) is 5.92. The molecule has 3 N–H and O–H groups in total. The van der Waals surface area contributed by atoms with E-state index in [1.54, 1.807) is 24.4 Å². The van der Waals surface area contributed by atoms with Crippen LogP contribution in [0, 0.1) is 50.4 Å². The third-order valence-electron chi connectivity index (χ3n) is 8.59. The molecule has 0 aliphatic carbocycles. The molecule has 10 nitrogen and oxygen atoms in total. The number of nitrogens with zero attached hydrogens (tertiary/aromatic N) is 5. The van der Waals surface area contributed by atoms with Gasteiger partial charge >= 0.3 is 0 Å². The van der Waals surface area contributed by atoms with Gasteiger partial charge in [-0.3, -0.25) is 4.79 Å². The molecule has 11 heteroatoms. The third kappa shape index (κ3) is 6.75. The number of anilines is 2. The van der Waals surface area contributed by atoms with Crippen molar-refractivity contribution in [2.75, 3.05) is 49.5 Å². The lowest BCUT2D eigenvalue weighted by Crippen LogP contribution is -2.49. The van der Waals surface area contributed by atoms with E-state index >= 15 is 0 Å². The lowest BCUT2D eigenvalue weighted by Gasteiger charge is -2.40. The highest BCUT2D eigenvalue weighted by molar-refractivity contribution is 7.89. The van der Waals surface area contributed by atoms with Crippen LogP contribution in [0.4, 0.5) is 11.5 Å². The molecule has 3 heterocycles. The Hall–Kier alpha value is -4.32. The molecule has 2 aromatic rings. The minimum Gasteiger partial charge on any atom is -0.381 e. The fraction of sp³-hybridized carbons (Fsp3) is 0.424. The fourth-order valence-corrected chi connectivity index (χ4v) is 7.01. The molecular formula is C33H41N7O3S. The zero-order chi connectivity index (χ0) is 32.2. The topological polar surface area (TPSA) is 136 Å². The highest BCUT2D eigenvalue weighted by Crippen LogP contribution is 2.33. The first-order chi connectivity index (χ1) is 20.9. The first-order valence-electron chi connectivity index (χ1n) is 14.8. The van der Waals surface area contributed by atoms with Crippen molar-refractivity contribution >= 4 is 27.4 Å². The molecule has 0 bridgehead atoms. The van der Waals surface area contributed by atoms with Crippen molar-refractivity contribution in [3.8, 4) is 18.4 Å². The number of amides is 1. The van der Waals surface area contributed by atoms with E-state index in [4.69, 9.17) is 11.6 Å². The van der Waals surface area contributed by atoms with Crippen LogP contribution in [0.15, 0.2) is 52.7 Å². The Morgan fingerprint density at radius 2 is 1.86 bits per heavy atom. The van der Waals surface area contributed by atoms with Gasteiger partial charge in [-0.25, -0.2) is 18.5 Å². The second-order valence-corrected chi connectivity index (χ2v) is 13.0. The van der Waals surface area contributed by atoms with E-state index < -0.39 is 10.0 Å². The van der Waals surface area contributed by atoms with E-state index in [-0.39, 0.29) is 22.8 Å². The summed E-state index contributed by atoms with van der Waals surface area (Å²) in [5, 5.41) is 18.8. The summed E-state index contributed by atoms with van der Waals surface area (Å²) in [6.07, 6.45) is 11.4. The Balaban J connectivity index is 1.50. The highest BCUT2D eigenvalue weighted by Gasteiger charge is 2.31. The summed E-state index contributed by atoms with van der Waals surface area (Å²) in [7, 11) is -3.93. The number of piperidine rings is 1. The molecule has 0 radical (unpaired) electrons. The molecule has 0 saturated carbocycles. The second-order valence-electron chi connectivity index (χ2n) is 11.5. The molecule has 2 aliphatic heterocycles. The van der Waals surface area contributed by atoms with Crippen LogP contribution in [0.1, 0.15) is 47.3 Å². The fourth-order valence-electron chi connectivity index (χ4n) is 6.31. The minimum absolute atomic E-state index is 0.0172. The maximum absolute atomic E-state index is 13.9. The first-order valence-corrected chi connectivity index (χ1v) is 16.3. The van der Waals surface area contributed by atoms with Gasteiger partial charge in [-0.2, -0.15) is 5.26 Å². The number of nitriles is 1. The molecule has 1 aromatic carbocycles. The van der Waals surface area contributed by atoms with Crippen LogP contribution in [0.5, 0.6) is 0 Å². The van der Waals surface area contributed by atoms with E-state index in [0.29, 0.717) is 43.1 Å². The van der Waals surface area contributed by atoms with Gasteiger partial charge in [0.15, 0.2) is 0 Å². The summed E-state index contributed by atoms with van der Waals surface area (Å²) >= 11 is 0. The van der Waals surface area contributed by atoms with Crippen LogP contribution in [0.3, 0.4) is 0 Å². The minimum atomic E-state index is -3.93. The van der Waals surface area contributed by atoms with Crippen molar-refractivity contribution in [1.82, 2.24) is 14.8 Å². The number of carbonyl (C=O) groups excluding carboxylic acids is 1. The number of piperazine rings is 1. The number of pyridine rings is 1. The lowest BCUT2D eigenvalue weighted by molar-refractivity contribution is 0.0745. The molecule has 1 aromatic heterocycles. The van der Waals surface area contributed by atoms with E-state index in [1.165, 1.54) is 6.07 Å². The number of likely N-dealkylation sites (tertiary alicyclic amines) is 1. The number of hydrogen-bond acceptors (Lipinski definition) is 8. The van der Waals surface area contributed by atoms with E-state index in [9.17, 15) is 18.5 Å². The number of terminal acetylenes is 1. The summed E-state index contributed by atoms with van der Waals surface area (Å²) in [5.74, 6) is 3.10. The van der Waals surface area contributed by atoms with Crippen LogP contribution >= 0.6 is 0 Å². The van der Waals surface area contributed by atoms with E-state index in [1.807, 2.05) is 30.6 Å². The Bertz CT molecular complexity index is 1680. The van der Waals surface area contributed by atoms with Crippen molar-refractivity contribution in [2.24, 2.45) is 11.1 Å². The lowest BCUT2D eigenvalue weighted by atomic mass is 9.90. The molecule has 2 aliphatic rings. The molecule has 2 fully saturated rings. The predicted octanol–water partition coefficient (Wildman–Crippen LogP) is 3.73. The maximum Gasteiger partial charge on any atom is 0.254 e. The number of allylic oxidation sites excluding steroid dienone is 3. The molecular weight excluding hydrogens is 574 g/mol. The number of carbonyl (C=O) groups is 1. The molecule has 0 spiro atoms. The van der Waals surface area contributed by atoms with Gasteiger partial charge in [-0.15, -0.1) is 6.42 Å². The average molecular weight is 616 g/mol. The molecule has 44 heavy (non-hydrogen) atoms. The number of hydrogen-bond donors (Lipinski definition) is 2. The van der Waals surface area contributed by atoms with Crippen molar-refractivity contribution in [3.05, 3.63) is 70.1 Å². The summed E-state index contributed by atoms with van der Waals surface area (Å²) in [6.45, 7) is 13.3. The highest BCUT2D eigenvalue weighted by atomic mass is 32.2. The first kappa shape index (κ1) is 32.6. The smallest absolute Gasteiger partial charge is 0.254 e. The molecule has 232 valence electrons. The predicted molar refractivity (Wildman–Crippen MR) is 173 cm³/mol. The average Bonchev–Trinajstić information content (AvgIpc) is 2.99. The van der Waals surface area contributed by atoms with Gasteiger partial charge in [0.25, 0.3) is 5.91 Å². The van der Waals surface area contributed by atoms with Gasteiger partial charge in [0.2, 0.25) is 10.0 Å². The SMILES string of the molecule is C#C/C=C(\C(C#N)=C/C)N1CC[C@H](Nc2c(C)cc(C)c(C(=O)N3CCN(c4ncccc4S(N)(=O)=O)CC3)c2C)[C@H](C)C1. The molecule has 2 saturated heterocycles. The van der Waals surface area contributed by atoms with Gasteiger partial charge in [0.05, 0.1) is 11.3 Å². The van der Waals surface area contributed by atoms with Crippen molar-refractivity contribution < 1.29 is 13.2 Å². The zero-order valence-electron chi connectivity index (χ0n) is 26.1. The second kappa shape index (κ2) is 13.5. The summed E-state index contributed by atoms with van der Waals surface area (Å²) < 4.78 is 24.2. The number of benzene rings is 1. The Labute approximate surface area is 261 Å². The molecule has 2 atom stereocenters. The molecule has 0 unspecified atom stereocenters. The van der Waals surface area contributed by atoms with Crippen LogP contribution in [-0.4, -0.2) is 74.4 Å². The number of aryl methyl sites for hydroxylation is 2. The quantitative estimate of drug-likeness (QED) is 0.273.